The summed E-state index contributed by atoms with van der Waals surface area (Å²) in [5.74, 6) is -0.749. The Hall–Kier alpha value is -2.75. The van der Waals surface area contributed by atoms with Gasteiger partial charge >= 0.3 is 0 Å². The molecule has 3 aromatic rings. The molecule has 0 radical (unpaired) electrons. The Bertz CT molecular complexity index is 859. The zero-order valence-electron chi connectivity index (χ0n) is 11.4. The summed E-state index contributed by atoms with van der Waals surface area (Å²) in [6.07, 6.45) is 0. The van der Waals surface area contributed by atoms with Crippen LogP contribution in [0.15, 0.2) is 48.5 Å². The monoisotopic (exact) mass is 280 g/mol. The largest absolute Gasteiger partial charge is 0.398 e. The summed E-state index contributed by atoms with van der Waals surface area (Å²) in [6.45, 7) is 1.65. The van der Waals surface area contributed by atoms with E-state index in [-0.39, 0.29) is 17.0 Å². The number of carbonyl (C=O) groups excluding carboxylic acids is 1. The zero-order chi connectivity index (χ0) is 15.0. The first-order chi connectivity index (χ1) is 10.1. The number of aryl methyl sites for hydroxylation is 1. The summed E-state index contributed by atoms with van der Waals surface area (Å²) in [5, 5.41) is 0.795. The number of rotatable bonds is 2. The van der Waals surface area contributed by atoms with Gasteiger partial charge in [-0.25, -0.2) is 9.37 Å². The van der Waals surface area contributed by atoms with E-state index in [2.05, 4.69) is 4.98 Å². The first-order valence-corrected chi connectivity index (χ1v) is 6.52. The van der Waals surface area contributed by atoms with Crippen molar-refractivity contribution in [2.24, 2.45) is 0 Å². The molecule has 0 aliphatic heterocycles. The minimum atomic E-state index is -0.408. The number of ketones is 1. The Morgan fingerprint density at radius 2 is 1.90 bits per heavy atom. The number of halogens is 1. The second-order valence-corrected chi connectivity index (χ2v) is 4.91. The highest BCUT2D eigenvalue weighted by molar-refractivity contribution is 6.10. The number of pyridine rings is 1. The molecule has 0 amide bonds. The predicted molar refractivity (Wildman–Crippen MR) is 80.7 cm³/mol. The number of benzene rings is 2. The second kappa shape index (κ2) is 4.98. The van der Waals surface area contributed by atoms with Crippen LogP contribution in [-0.2, 0) is 0 Å². The highest BCUT2D eigenvalue weighted by Crippen LogP contribution is 2.22. The maximum Gasteiger partial charge on any atom is 0.211 e. The number of anilines is 1. The molecule has 1 aromatic heterocycles. The topological polar surface area (TPSA) is 56.0 Å². The van der Waals surface area contributed by atoms with Gasteiger partial charge in [-0.1, -0.05) is 30.3 Å². The van der Waals surface area contributed by atoms with Gasteiger partial charge in [-0.05, 0) is 30.7 Å². The molecule has 0 saturated heterocycles. The molecule has 1 heterocycles. The van der Waals surface area contributed by atoms with Gasteiger partial charge in [0.05, 0.1) is 5.52 Å². The number of para-hydroxylation sites is 1. The summed E-state index contributed by atoms with van der Waals surface area (Å²) >= 11 is 0. The molecule has 2 N–H and O–H groups in total. The van der Waals surface area contributed by atoms with Crippen molar-refractivity contribution in [3.05, 3.63) is 71.2 Å². The number of aromatic nitrogens is 1. The first-order valence-electron chi connectivity index (χ1n) is 6.52. The van der Waals surface area contributed by atoms with Crippen molar-refractivity contribution in [2.75, 3.05) is 5.73 Å². The maximum absolute atomic E-state index is 13.6. The van der Waals surface area contributed by atoms with Crippen LogP contribution in [-0.4, -0.2) is 10.8 Å². The van der Waals surface area contributed by atoms with Gasteiger partial charge in [-0.2, -0.15) is 0 Å². The van der Waals surface area contributed by atoms with E-state index >= 15 is 0 Å². The SMILES string of the molecule is Cc1ccc(C(=O)c2cc(N)c3ccccc3n2)cc1F. The summed E-state index contributed by atoms with van der Waals surface area (Å²) in [7, 11) is 0. The van der Waals surface area contributed by atoms with Gasteiger partial charge in [0.15, 0.2) is 0 Å². The minimum Gasteiger partial charge on any atom is -0.398 e. The average Bonchev–Trinajstić information content (AvgIpc) is 2.49. The van der Waals surface area contributed by atoms with Crippen LogP contribution in [0.1, 0.15) is 21.6 Å². The third kappa shape index (κ3) is 2.36. The molecule has 0 aliphatic carbocycles. The van der Waals surface area contributed by atoms with Gasteiger partial charge in [-0.15, -0.1) is 0 Å². The number of hydrogen-bond acceptors (Lipinski definition) is 3. The third-order valence-corrected chi connectivity index (χ3v) is 3.41. The summed E-state index contributed by atoms with van der Waals surface area (Å²) in [5.41, 5.74) is 8.07. The Morgan fingerprint density at radius 3 is 2.67 bits per heavy atom. The quantitative estimate of drug-likeness (QED) is 0.731. The molecule has 0 saturated carbocycles. The molecule has 2 aromatic carbocycles. The van der Waals surface area contributed by atoms with Crippen LogP contribution in [0.3, 0.4) is 0 Å². The molecule has 3 nitrogen and oxygen atoms in total. The summed E-state index contributed by atoms with van der Waals surface area (Å²) in [4.78, 5) is 16.7. The molecule has 0 bridgehead atoms. The van der Waals surface area contributed by atoms with Gasteiger partial charge in [0, 0.05) is 16.6 Å². The number of hydrogen-bond donors (Lipinski definition) is 1. The fourth-order valence-electron chi connectivity index (χ4n) is 2.20. The lowest BCUT2D eigenvalue weighted by Gasteiger charge is -2.06. The van der Waals surface area contributed by atoms with Crippen molar-refractivity contribution < 1.29 is 9.18 Å². The predicted octanol–water partition coefficient (Wildman–Crippen LogP) is 3.50. The Morgan fingerprint density at radius 1 is 1.14 bits per heavy atom. The molecule has 21 heavy (non-hydrogen) atoms. The van der Waals surface area contributed by atoms with E-state index in [0.717, 1.165) is 5.39 Å². The van der Waals surface area contributed by atoms with Crippen LogP contribution in [0.4, 0.5) is 10.1 Å². The van der Waals surface area contributed by atoms with Crippen LogP contribution in [0, 0.1) is 12.7 Å². The standard InChI is InChI=1S/C17H13FN2O/c1-10-6-7-11(8-13(10)18)17(21)16-9-14(19)12-4-2-3-5-15(12)20-16/h2-9H,1H3,(H2,19,20). The smallest absolute Gasteiger partial charge is 0.211 e. The third-order valence-electron chi connectivity index (χ3n) is 3.41. The molecule has 4 heteroatoms. The van der Waals surface area contributed by atoms with Gasteiger partial charge in [0.1, 0.15) is 11.5 Å². The molecule has 0 fully saturated rings. The van der Waals surface area contributed by atoms with Crippen LogP contribution in [0.25, 0.3) is 10.9 Å². The van der Waals surface area contributed by atoms with E-state index in [1.807, 2.05) is 18.2 Å². The first kappa shape index (κ1) is 13.2. The van der Waals surface area contributed by atoms with E-state index in [9.17, 15) is 9.18 Å². The van der Waals surface area contributed by atoms with Gasteiger partial charge < -0.3 is 5.73 Å². The molecule has 3 rings (SSSR count). The van der Waals surface area contributed by atoms with E-state index < -0.39 is 5.82 Å². The average molecular weight is 280 g/mol. The molecular formula is C17H13FN2O. The number of nitrogen functional groups attached to an aromatic ring is 1. The lowest BCUT2D eigenvalue weighted by molar-refractivity contribution is 0.103. The van der Waals surface area contributed by atoms with Crippen LogP contribution < -0.4 is 5.73 Å². The van der Waals surface area contributed by atoms with Crippen LogP contribution in [0.2, 0.25) is 0 Å². The molecule has 0 unspecified atom stereocenters. The molecular weight excluding hydrogens is 267 g/mol. The van der Waals surface area contributed by atoms with Crippen molar-refractivity contribution >= 4 is 22.4 Å². The molecule has 0 aliphatic rings. The molecule has 0 atom stereocenters. The lowest BCUT2D eigenvalue weighted by Crippen LogP contribution is -2.06. The van der Waals surface area contributed by atoms with Gasteiger partial charge in [0.2, 0.25) is 5.78 Å². The highest BCUT2D eigenvalue weighted by Gasteiger charge is 2.14. The van der Waals surface area contributed by atoms with Crippen LogP contribution in [0.5, 0.6) is 0 Å². The lowest BCUT2D eigenvalue weighted by atomic mass is 10.0. The Labute approximate surface area is 121 Å². The van der Waals surface area contributed by atoms with Crippen molar-refractivity contribution in [2.45, 2.75) is 6.92 Å². The van der Waals surface area contributed by atoms with Crippen molar-refractivity contribution in [3.63, 3.8) is 0 Å². The number of carbonyl (C=O) groups is 1. The van der Waals surface area contributed by atoms with Gasteiger partial charge in [0.25, 0.3) is 0 Å². The summed E-state index contributed by atoms with van der Waals surface area (Å²) in [6, 6.07) is 13.2. The normalized spacial score (nSPS) is 10.8. The van der Waals surface area contributed by atoms with Crippen molar-refractivity contribution in [1.82, 2.24) is 4.98 Å². The number of nitrogens with zero attached hydrogens (tertiary/aromatic N) is 1. The van der Waals surface area contributed by atoms with Crippen LogP contribution >= 0.6 is 0 Å². The van der Waals surface area contributed by atoms with E-state index in [1.54, 1.807) is 25.1 Å². The summed E-state index contributed by atoms with van der Waals surface area (Å²) < 4.78 is 13.6. The minimum absolute atomic E-state index is 0.217. The Balaban J connectivity index is 2.11. The zero-order valence-corrected chi connectivity index (χ0v) is 11.4. The second-order valence-electron chi connectivity index (χ2n) is 4.91. The van der Waals surface area contributed by atoms with E-state index in [0.29, 0.717) is 16.8 Å². The Kier molecular flexibility index (Phi) is 3.14. The van der Waals surface area contributed by atoms with E-state index in [1.165, 1.54) is 12.1 Å². The highest BCUT2D eigenvalue weighted by atomic mass is 19.1. The number of nitrogens with two attached hydrogens (primary N) is 1. The maximum atomic E-state index is 13.6. The molecule has 104 valence electrons. The van der Waals surface area contributed by atoms with Gasteiger partial charge in [-0.3, -0.25) is 4.79 Å². The van der Waals surface area contributed by atoms with Crippen molar-refractivity contribution in [1.29, 1.82) is 0 Å². The fraction of sp³-hybridized carbons (Fsp3) is 0.0588. The van der Waals surface area contributed by atoms with Crippen molar-refractivity contribution in [3.8, 4) is 0 Å². The fourth-order valence-corrected chi connectivity index (χ4v) is 2.20. The number of fused-ring (bicyclic) bond motifs is 1. The van der Waals surface area contributed by atoms with E-state index in [4.69, 9.17) is 5.73 Å². The molecule has 0 spiro atoms.